The number of amidine groups is 1. The number of likely N-dealkylation sites (tertiary alicyclic amines) is 1. The number of urea groups is 1. The van der Waals surface area contributed by atoms with Crippen LogP contribution in [0, 0.1) is 0 Å². The van der Waals surface area contributed by atoms with E-state index in [0.717, 1.165) is 10.1 Å². The number of carboxylic acid groups (broad SMARTS) is 1. The number of alkyl halides is 3. The average Bonchev–Trinajstić information content (AvgIpc) is 3.39. The van der Waals surface area contributed by atoms with E-state index in [2.05, 4.69) is 20.9 Å². The number of benzene rings is 1. The molecule has 2 aromatic rings. The van der Waals surface area contributed by atoms with E-state index in [1.54, 1.807) is 18.7 Å². The number of rotatable bonds is 6. The first-order valence-corrected chi connectivity index (χ1v) is 15.3. The van der Waals surface area contributed by atoms with Crippen molar-refractivity contribution >= 4 is 65.9 Å². The van der Waals surface area contributed by atoms with Gasteiger partial charge < -0.3 is 20.6 Å². The van der Waals surface area contributed by atoms with Gasteiger partial charge in [0.1, 0.15) is 22.1 Å². The molecule has 0 radical (unpaired) electrons. The van der Waals surface area contributed by atoms with E-state index in [-0.39, 0.29) is 55.4 Å². The summed E-state index contributed by atoms with van der Waals surface area (Å²) in [6.45, 7) is 6.02. The summed E-state index contributed by atoms with van der Waals surface area (Å²) in [5, 5.41) is 15.9. The minimum atomic E-state index is -5.08. The van der Waals surface area contributed by atoms with Crippen LogP contribution in [-0.2, 0) is 19.4 Å². The van der Waals surface area contributed by atoms with Gasteiger partial charge in [0, 0.05) is 29.7 Å². The molecule has 0 unspecified atom stereocenters. The number of halogens is 3. The maximum Gasteiger partial charge on any atom is 0.490 e. The number of aliphatic carboxylic acids is 1. The topological polar surface area (TPSA) is 174 Å². The lowest BCUT2D eigenvalue weighted by atomic mass is 9.87. The Morgan fingerprint density at radius 1 is 1.19 bits per heavy atom. The molecule has 1 fully saturated rings. The quantitative estimate of drug-likeness (QED) is 0.378. The van der Waals surface area contributed by atoms with Crippen molar-refractivity contribution in [3.63, 3.8) is 0 Å². The summed E-state index contributed by atoms with van der Waals surface area (Å²) in [5.74, 6) is -3.45. The Hall–Kier alpha value is -3.73. The molecule has 4 rings (SSSR count). The largest absolute Gasteiger partial charge is 0.490 e. The van der Waals surface area contributed by atoms with Crippen LogP contribution in [0.1, 0.15) is 44.0 Å². The Bertz CT molecular complexity index is 1510. The van der Waals surface area contributed by atoms with Gasteiger partial charge in [0.15, 0.2) is 9.84 Å². The van der Waals surface area contributed by atoms with Crippen LogP contribution < -0.4 is 16.0 Å². The molecule has 4 amide bonds. The summed E-state index contributed by atoms with van der Waals surface area (Å²) in [4.78, 5) is 53.6. The number of nitrogens with zero attached hydrogens (tertiary/aromatic N) is 2. The molecule has 1 spiro atoms. The first kappa shape index (κ1) is 32.8. The van der Waals surface area contributed by atoms with Crippen molar-refractivity contribution in [2.45, 2.75) is 50.6 Å². The van der Waals surface area contributed by atoms with Gasteiger partial charge in [-0.25, -0.2) is 18.0 Å². The van der Waals surface area contributed by atoms with Gasteiger partial charge in [0.25, 0.3) is 11.8 Å². The normalized spacial score (nSPS) is 16.5. The third kappa shape index (κ3) is 7.36. The molecule has 42 heavy (non-hydrogen) atoms. The van der Waals surface area contributed by atoms with Gasteiger partial charge in [-0.1, -0.05) is 18.2 Å². The molecule has 0 bridgehead atoms. The molecule has 12 nitrogen and oxygen atoms in total. The van der Waals surface area contributed by atoms with Gasteiger partial charge in [0.2, 0.25) is 0 Å². The molecule has 2 aliphatic rings. The van der Waals surface area contributed by atoms with E-state index in [4.69, 9.17) is 9.90 Å². The van der Waals surface area contributed by atoms with Crippen LogP contribution in [-0.4, -0.2) is 90.4 Å². The molecular weight excluding hydrogens is 603 g/mol. The Morgan fingerprint density at radius 2 is 1.79 bits per heavy atom. The fourth-order valence-electron chi connectivity index (χ4n) is 4.24. The number of nitrogens with one attached hydrogen (secondary N) is 3. The van der Waals surface area contributed by atoms with Crippen molar-refractivity contribution in [3.05, 3.63) is 29.8 Å². The second-order valence-corrected chi connectivity index (χ2v) is 13.4. The number of thiophene rings is 1. The summed E-state index contributed by atoms with van der Waals surface area (Å²) in [6, 6.07) is 7.09. The smallest absolute Gasteiger partial charge is 0.475 e. The van der Waals surface area contributed by atoms with Crippen LogP contribution >= 0.6 is 11.3 Å². The number of carboxylic acids is 1. The highest BCUT2D eigenvalue weighted by Crippen LogP contribution is 2.38. The van der Waals surface area contributed by atoms with Gasteiger partial charge in [-0.05, 0) is 39.7 Å². The zero-order valence-corrected chi connectivity index (χ0v) is 24.5. The number of sulfone groups is 1. The van der Waals surface area contributed by atoms with E-state index in [0.29, 0.717) is 17.1 Å². The van der Waals surface area contributed by atoms with E-state index < -0.39 is 32.8 Å². The maximum atomic E-state index is 13.6. The Kier molecular flexibility index (Phi) is 9.87. The van der Waals surface area contributed by atoms with Crippen molar-refractivity contribution in [3.8, 4) is 0 Å². The number of aliphatic imine (C=N–C) groups is 1. The predicted octanol–water partition coefficient (Wildman–Crippen LogP) is 3.00. The predicted molar refractivity (Wildman–Crippen MR) is 151 cm³/mol. The summed E-state index contributed by atoms with van der Waals surface area (Å²) in [6.07, 6.45) is -4.51. The first-order valence-electron chi connectivity index (χ1n) is 12.8. The van der Waals surface area contributed by atoms with Gasteiger partial charge in [-0.15, -0.1) is 11.3 Å². The third-order valence-electron chi connectivity index (χ3n) is 6.58. The van der Waals surface area contributed by atoms with E-state index in [1.807, 2.05) is 31.2 Å². The van der Waals surface area contributed by atoms with Crippen molar-refractivity contribution in [2.75, 3.05) is 30.7 Å². The number of anilines is 1. The number of hydrogen-bond donors (Lipinski definition) is 4. The van der Waals surface area contributed by atoms with Crippen molar-refractivity contribution in [1.82, 2.24) is 15.5 Å². The molecule has 17 heteroatoms. The molecule has 1 aromatic carbocycles. The van der Waals surface area contributed by atoms with Crippen LogP contribution in [0.25, 0.3) is 10.1 Å². The van der Waals surface area contributed by atoms with Crippen molar-refractivity contribution in [2.24, 2.45) is 4.99 Å². The minimum Gasteiger partial charge on any atom is -0.475 e. The monoisotopic (exact) mass is 633 g/mol. The first-order chi connectivity index (χ1) is 19.5. The number of piperidine rings is 1. The van der Waals surface area contributed by atoms with Crippen LogP contribution in [0.4, 0.5) is 23.0 Å². The van der Waals surface area contributed by atoms with Crippen LogP contribution in [0.2, 0.25) is 0 Å². The van der Waals surface area contributed by atoms with Crippen molar-refractivity contribution in [1.29, 1.82) is 0 Å². The maximum absolute atomic E-state index is 13.6. The molecule has 3 heterocycles. The molecule has 1 saturated heterocycles. The summed E-state index contributed by atoms with van der Waals surface area (Å²) in [7, 11) is -3.40. The standard InChI is InChI=1S/C23H29N5O5S2.C2HF3O2/c1-4-24-22(31)26-19-18(15-7-5-6-8-16(15)34-19)20(29)28-11-9-23(10-12-28)21(30)25-17(27-23)13-35(32,33)14(2)3;3-2(4,5)1(6)7/h5-8,14H,4,9-13H2,1-3H3,(H2,24,26,31)(H,25,27,30);(H,6,7). The highest BCUT2D eigenvalue weighted by molar-refractivity contribution is 7.92. The summed E-state index contributed by atoms with van der Waals surface area (Å²) in [5.41, 5.74) is -0.631. The Morgan fingerprint density at radius 3 is 2.33 bits per heavy atom. The molecule has 230 valence electrons. The van der Waals surface area contributed by atoms with Crippen molar-refractivity contribution < 1.29 is 45.9 Å². The molecular formula is C25H30F3N5O7S2. The lowest BCUT2D eigenvalue weighted by Crippen LogP contribution is -2.50. The minimum absolute atomic E-state index is 0.167. The fraction of sp³-hybridized carbons (Fsp3) is 0.480. The Balaban J connectivity index is 0.000000616. The van der Waals surface area contributed by atoms with E-state index in [9.17, 15) is 36.0 Å². The molecule has 2 aliphatic heterocycles. The van der Waals surface area contributed by atoms with Crippen LogP contribution in [0.5, 0.6) is 0 Å². The average molecular weight is 634 g/mol. The van der Waals surface area contributed by atoms with E-state index in [1.165, 1.54) is 11.3 Å². The summed E-state index contributed by atoms with van der Waals surface area (Å²) >= 11 is 1.34. The molecule has 0 saturated carbocycles. The Labute approximate surface area is 243 Å². The van der Waals surface area contributed by atoms with Gasteiger partial charge in [-0.3, -0.25) is 19.9 Å². The van der Waals surface area contributed by atoms with Gasteiger partial charge in [0.05, 0.1) is 10.8 Å². The lowest BCUT2D eigenvalue weighted by Gasteiger charge is -2.35. The molecule has 0 atom stereocenters. The number of hydrogen-bond acceptors (Lipinski definition) is 8. The highest BCUT2D eigenvalue weighted by atomic mass is 32.2. The molecule has 0 aliphatic carbocycles. The number of carbonyl (C=O) groups excluding carboxylic acids is 3. The highest BCUT2D eigenvalue weighted by Gasteiger charge is 2.47. The van der Waals surface area contributed by atoms with Gasteiger partial charge >= 0.3 is 18.2 Å². The molecule has 4 N–H and O–H groups in total. The van der Waals surface area contributed by atoms with Crippen LogP contribution in [0.15, 0.2) is 29.3 Å². The number of amides is 4. The van der Waals surface area contributed by atoms with Gasteiger partial charge in [-0.2, -0.15) is 13.2 Å². The molecule has 1 aromatic heterocycles. The summed E-state index contributed by atoms with van der Waals surface area (Å²) < 4.78 is 57.2. The van der Waals surface area contributed by atoms with Crippen LogP contribution in [0.3, 0.4) is 0 Å². The number of fused-ring (bicyclic) bond motifs is 1. The SMILES string of the molecule is CCNC(=O)Nc1sc2ccccc2c1C(=O)N1CCC2(CC1)N=C(CS(=O)(=O)C(C)C)NC2=O.O=C(O)C(F)(F)F. The number of carbonyl (C=O) groups is 4. The van der Waals surface area contributed by atoms with E-state index >= 15 is 0 Å². The zero-order chi connectivity index (χ0) is 31.5. The fourth-order valence-corrected chi connectivity index (χ4v) is 6.18. The second-order valence-electron chi connectivity index (χ2n) is 9.78. The zero-order valence-electron chi connectivity index (χ0n) is 22.9. The third-order valence-corrected chi connectivity index (χ3v) is 9.78. The second kappa shape index (κ2) is 12.6. The lowest BCUT2D eigenvalue weighted by molar-refractivity contribution is -0.192.